The number of hydrogen-bond donors (Lipinski definition) is 1. The number of fused-ring (bicyclic) bond motifs is 1. The third-order valence-electron chi connectivity index (χ3n) is 3.63. The zero-order valence-electron chi connectivity index (χ0n) is 12.1. The SMILES string of the molecule is Cc1ccc(Sc2nc3ccccc3cc2CO)cc1C. The first-order chi connectivity index (χ1) is 10.2. The summed E-state index contributed by atoms with van der Waals surface area (Å²) in [6.45, 7) is 4.22. The Bertz CT molecular complexity index is 798. The zero-order valence-corrected chi connectivity index (χ0v) is 12.9. The lowest BCUT2D eigenvalue weighted by Gasteiger charge is -2.09. The van der Waals surface area contributed by atoms with Gasteiger partial charge in [0.1, 0.15) is 5.03 Å². The molecule has 3 heteroatoms. The van der Waals surface area contributed by atoms with Crippen LogP contribution in [0.15, 0.2) is 58.5 Å². The van der Waals surface area contributed by atoms with Crippen LogP contribution in [0.1, 0.15) is 16.7 Å². The third-order valence-corrected chi connectivity index (χ3v) is 4.66. The molecule has 1 N–H and O–H groups in total. The Morgan fingerprint density at radius 1 is 1.00 bits per heavy atom. The minimum atomic E-state index is 0.00497. The number of nitrogens with zero attached hydrogens (tertiary/aromatic N) is 1. The molecule has 1 heterocycles. The molecule has 3 rings (SSSR count). The van der Waals surface area contributed by atoms with Gasteiger partial charge in [-0.1, -0.05) is 36.0 Å². The van der Waals surface area contributed by atoms with Crippen molar-refractivity contribution in [1.82, 2.24) is 4.98 Å². The van der Waals surface area contributed by atoms with Gasteiger partial charge in [-0.3, -0.25) is 0 Å². The smallest absolute Gasteiger partial charge is 0.107 e. The van der Waals surface area contributed by atoms with E-state index in [0.717, 1.165) is 26.4 Å². The fourth-order valence-electron chi connectivity index (χ4n) is 2.23. The van der Waals surface area contributed by atoms with E-state index in [0.29, 0.717) is 0 Å². The highest BCUT2D eigenvalue weighted by molar-refractivity contribution is 7.99. The quantitative estimate of drug-likeness (QED) is 0.772. The molecule has 21 heavy (non-hydrogen) atoms. The Kier molecular flexibility index (Phi) is 3.95. The van der Waals surface area contributed by atoms with E-state index < -0.39 is 0 Å². The van der Waals surface area contributed by atoms with E-state index >= 15 is 0 Å². The van der Waals surface area contributed by atoms with Gasteiger partial charge in [0, 0.05) is 15.8 Å². The molecule has 0 saturated carbocycles. The molecule has 0 amide bonds. The summed E-state index contributed by atoms with van der Waals surface area (Å²) >= 11 is 1.61. The molecule has 0 unspecified atom stereocenters. The molecule has 0 radical (unpaired) electrons. The highest BCUT2D eigenvalue weighted by Crippen LogP contribution is 2.32. The molecule has 1 aromatic heterocycles. The first kappa shape index (κ1) is 14.1. The molecule has 0 spiro atoms. The van der Waals surface area contributed by atoms with Crippen LogP contribution in [-0.2, 0) is 6.61 Å². The van der Waals surface area contributed by atoms with Crippen molar-refractivity contribution in [3.05, 3.63) is 65.2 Å². The molecular formula is C18H17NOS. The minimum Gasteiger partial charge on any atom is -0.392 e. The second-order valence-electron chi connectivity index (χ2n) is 5.15. The van der Waals surface area contributed by atoms with E-state index in [9.17, 15) is 5.11 Å². The maximum atomic E-state index is 9.60. The number of pyridine rings is 1. The van der Waals surface area contributed by atoms with Crippen LogP contribution in [0.4, 0.5) is 0 Å². The van der Waals surface area contributed by atoms with Gasteiger partial charge in [-0.25, -0.2) is 4.98 Å². The van der Waals surface area contributed by atoms with Crippen LogP contribution in [0, 0.1) is 13.8 Å². The van der Waals surface area contributed by atoms with Crippen LogP contribution in [0.5, 0.6) is 0 Å². The first-order valence-corrected chi connectivity index (χ1v) is 7.73. The molecule has 0 saturated heterocycles. The molecule has 0 aliphatic heterocycles. The predicted octanol–water partition coefficient (Wildman–Crippen LogP) is 4.50. The summed E-state index contributed by atoms with van der Waals surface area (Å²) in [5, 5.41) is 11.5. The van der Waals surface area contributed by atoms with Crippen LogP contribution in [0.2, 0.25) is 0 Å². The molecule has 106 valence electrons. The fourth-order valence-corrected chi connectivity index (χ4v) is 3.23. The summed E-state index contributed by atoms with van der Waals surface area (Å²) in [5.74, 6) is 0. The Labute approximate surface area is 128 Å². The highest BCUT2D eigenvalue weighted by Gasteiger charge is 2.08. The van der Waals surface area contributed by atoms with E-state index in [2.05, 4.69) is 32.0 Å². The van der Waals surface area contributed by atoms with Crippen molar-refractivity contribution in [2.24, 2.45) is 0 Å². The van der Waals surface area contributed by atoms with Gasteiger partial charge in [-0.2, -0.15) is 0 Å². The third kappa shape index (κ3) is 2.94. The maximum absolute atomic E-state index is 9.60. The molecule has 0 aliphatic rings. The van der Waals surface area contributed by atoms with E-state index in [4.69, 9.17) is 4.98 Å². The first-order valence-electron chi connectivity index (χ1n) is 6.92. The number of hydrogen-bond acceptors (Lipinski definition) is 3. The van der Waals surface area contributed by atoms with Crippen molar-refractivity contribution in [3.8, 4) is 0 Å². The maximum Gasteiger partial charge on any atom is 0.107 e. The Morgan fingerprint density at radius 3 is 2.57 bits per heavy atom. The van der Waals surface area contributed by atoms with Crippen LogP contribution in [0.25, 0.3) is 10.9 Å². The Morgan fingerprint density at radius 2 is 1.81 bits per heavy atom. The molecule has 2 nitrogen and oxygen atoms in total. The molecular weight excluding hydrogens is 278 g/mol. The summed E-state index contributed by atoms with van der Waals surface area (Å²) in [4.78, 5) is 5.85. The molecule has 0 bridgehead atoms. The van der Waals surface area contributed by atoms with Crippen LogP contribution in [0.3, 0.4) is 0 Å². The minimum absolute atomic E-state index is 0.00497. The number of aryl methyl sites for hydroxylation is 2. The van der Waals surface area contributed by atoms with Gasteiger partial charge >= 0.3 is 0 Å². The molecule has 0 aliphatic carbocycles. The van der Waals surface area contributed by atoms with Crippen LogP contribution < -0.4 is 0 Å². The number of aromatic nitrogens is 1. The second-order valence-corrected chi connectivity index (χ2v) is 6.21. The predicted molar refractivity (Wildman–Crippen MR) is 87.7 cm³/mol. The normalized spacial score (nSPS) is 11.0. The van der Waals surface area contributed by atoms with E-state index in [1.165, 1.54) is 11.1 Å². The van der Waals surface area contributed by atoms with Crippen molar-refractivity contribution in [1.29, 1.82) is 0 Å². The number of rotatable bonds is 3. The largest absolute Gasteiger partial charge is 0.392 e. The van der Waals surface area contributed by atoms with Crippen LogP contribution >= 0.6 is 11.8 Å². The number of aliphatic hydroxyl groups excluding tert-OH is 1. The second kappa shape index (κ2) is 5.88. The van der Waals surface area contributed by atoms with Gasteiger partial charge in [-0.05, 0) is 49.2 Å². The molecule has 2 aromatic carbocycles. The van der Waals surface area contributed by atoms with E-state index in [1.54, 1.807) is 11.8 Å². The average molecular weight is 295 g/mol. The highest BCUT2D eigenvalue weighted by atomic mass is 32.2. The van der Waals surface area contributed by atoms with Crippen LogP contribution in [-0.4, -0.2) is 10.1 Å². The zero-order chi connectivity index (χ0) is 14.8. The van der Waals surface area contributed by atoms with E-state index in [1.807, 2.05) is 30.3 Å². The summed E-state index contributed by atoms with van der Waals surface area (Å²) in [7, 11) is 0. The molecule has 0 atom stereocenters. The van der Waals surface area contributed by atoms with E-state index in [-0.39, 0.29) is 6.61 Å². The summed E-state index contributed by atoms with van der Waals surface area (Å²) in [6.07, 6.45) is 0. The number of benzene rings is 2. The van der Waals surface area contributed by atoms with Crippen molar-refractivity contribution in [3.63, 3.8) is 0 Å². The summed E-state index contributed by atoms with van der Waals surface area (Å²) in [5.41, 5.74) is 4.39. The lowest BCUT2D eigenvalue weighted by Crippen LogP contribution is -1.93. The van der Waals surface area contributed by atoms with Gasteiger partial charge < -0.3 is 5.11 Å². The Balaban J connectivity index is 2.04. The summed E-state index contributed by atoms with van der Waals surface area (Å²) in [6, 6.07) is 16.4. The fraction of sp³-hybridized carbons (Fsp3) is 0.167. The average Bonchev–Trinajstić information content (AvgIpc) is 2.50. The monoisotopic (exact) mass is 295 g/mol. The van der Waals surface area contributed by atoms with Gasteiger partial charge in [0.2, 0.25) is 0 Å². The van der Waals surface area contributed by atoms with Crippen molar-refractivity contribution >= 4 is 22.7 Å². The Hall–Kier alpha value is -1.84. The lowest BCUT2D eigenvalue weighted by atomic mass is 10.1. The lowest BCUT2D eigenvalue weighted by molar-refractivity contribution is 0.278. The van der Waals surface area contributed by atoms with Gasteiger partial charge in [-0.15, -0.1) is 0 Å². The van der Waals surface area contributed by atoms with Gasteiger partial charge in [0.25, 0.3) is 0 Å². The van der Waals surface area contributed by atoms with Gasteiger partial charge in [0.05, 0.1) is 12.1 Å². The number of para-hydroxylation sites is 1. The standard InChI is InChI=1S/C18H17NOS/c1-12-7-8-16(9-13(12)2)21-18-15(11-20)10-14-5-3-4-6-17(14)19-18/h3-10,20H,11H2,1-2H3. The summed E-state index contributed by atoms with van der Waals surface area (Å²) < 4.78 is 0. The molecule has 0 fully saturated rings. The topological polar surface area (TPSA) is 33.1 Å². The number of aliphatic hydroxyl groups is 1. The molecule has 3 aromatic rings. The van der Waals surface area contributed by atoms with Crippen molar-refractivity contribution in [2.45, 2.75) is 30.4 Å². The van der Waals surface area contributed by atoms with Crippen molar-refractivity contribution < 1.29 is 5.11 Å². The van der Waals surface area contributed by atoms with Gasteiger partial charge in [0.15, 0.2) is 0 Å². The van der Waals surface area contributed by atoms with Crippen molar-refractivity contribution in [2.75, 3.05) is 0 Å².